The highest BCUT2D eigenvalue weighted by Gasteiger charge is 2.04. The Labute approximate surface area is 106 Å². The summed E-state index contributed by atoms with van der Waals surface area (Å²) in [5, 5.41) is 13.8. The van der Waals surface area contributed by atoms with Crippen LogP contribution in [0.2, 0.25) is 0 Å². The molecule has 1 aromatic heterocycles. The van der Waals surface area contributed by atoms with Crippen LogP contribution in [0.1, 0.15) is 21.1 Å². The number of nitrogens with zero attached hydrogens (tertiary/aromatic N) is 2. The number of hydrogen-bond acceptors (Lipinski definition) is 4. The van der Waals surface area contributed by atoms with Gasteiger partial charge in [-0.2, -0.15) is 0 Å². The zero-order valence-electron chi connectivity index (χ0n) is 10.2. The van der Waals surface area contributed by atoms with Gasteiger partial charge in [-0.15, -0.1) is 21.5 Å². The van der Waals surface area contributed by atoms with Gasteiger partial charge in [0.1, 0.15) is 10.0 Å². The van der Waals surface area contributed by atoms with Crippen LogP contribution >= 0.6 is 11.3 Å². The van der Waals surface area contributed by atoms with E-state index in [4.69, 9.17) is 0 Å². The summed E-state index contributed by atoms with van der Waals surface area (Å²) < 4.78 is 0. The first-order valence-corrected chi connectivity index (χ1v) is 6.61. The van der Waals surface area contributed by atoms with E-state index in [2.05, 4.69) is 46.7 Å². The predicted molar refractivity (Wildman–Crippen MR) is 71.5 cm³/mol. The third-order valence-corrected chi connectivity index (χ3v) is 3.52. The summed E-state index contributed by atoms with van der Waals surface area (Å²) in [7, 11) is 1.95. The van der Waals surface area contributed by atoms with Gasteiger partial charge in [0.15, 0.2) is 0 Å². The van der Waals surface area contributed by atoms with Crippen molar-refractivity contribution >= 4 is 11.3 Å². The lowest BCUT2D eigenvalue weighted by Crippen LogP contribution is -2.09. The van der Waals surface area contributed by atoms with Gasteiger partial charge >= 0.3 is 0 Å². The van der Waals surface area contributed by atoms with Crippen LogP contribution in [0.5, 0.6) is 0 Å². The van der Waals surface area contributed by atoms with Gasteiger partial charge in [-0.3, -0.25) is 0 Å². The second-order valence-corrected chi connectivity index (χ2v) is 5.26. The molecule has 17 heavy (non-hydrogen) atoms. The van der Waals surface area contributed by atoms with Crippen molar-refractivity contribution in [2.24, 2.45) is 0 Å². The molecule has 0 unspecified atom stereocenters. The highest BCUT2D eigenvalue weighted by molar-refractivity contribution is 7.11. The maximum absolute atomic E-state index is 4.23. The van der Waals surface area contributed by atoms with Gasteiger partial charge in [-0.1, -0.05) is 29.8 Å². The van der Waals surface area contributed by atoms with Crippen molar-refractivity contribution in [1.29, 1.82) is 0 Å². The van der Waals surface area contributed by atoms with E-state index in [-0.39, 0.29) is 0 Å². The molecular weight excluding hydrogens is 230 g/mol. The van der Waals surface area contributed by atoms with E-state index in [0.717, 1.165) is 29.4 Å². The Morgan fingerprint density at radius 3 is 2.82 bits per heavy atom. The number of aryl methyl sites for hydroxylation is 1. The molecule has 0 atom stereocenters. The molecule has 4 heteroatoms. The monoisotopic (exact) mass is 247 g/mol. The predicted octanol–water partition coefficient (Wildman–Crippen LogP) is 2.20. The van der Waals surface area contributed by atoms with Crippen molar-refractivity contribution < 1.29 is 0 Å². The fourth-order valence-corrected chi connectivity index (χ4v) is 2.57. The van der Waals surface area contributed by atoms with E-state index in [9.17, 15) is 0 Å². The average Bonchev–Trinajstić information content (AvgIpc) is 2.74. The largest absolute Gasteiger partial charge is 0.319 e. The summed E-state index contributed by atoms with van der Waals surface area (Å²) in [6.07, 6.45) is 1.85. The van der Waals surface area contributed by atoms with Crippen molar-refractivity contribution in [3.63, 3.8) is 0 Å². The summed E-state index contributed by atoms with van der Waals surface area (Å²) in [4.78, 5) is 0. The summed E-state index contributed by atoms with van der Waals surface area (Å²) in [6, 6.07) is 8.55. The zero-order chi connectivity index (χ0) is 12.1. The standard InChI is InChI=1S/C13H17N3S/c1-10-4-3-5-11(8-10)9-13-16-15-12(17-13)6-7-14-2/h3-5,8,14H,6-7,9H2,1-2H3. The minimum absolute atomic E-state index is 0.888. The molecule has 0 saturated carbocycles. The molecular formula is C13H17N3S. The normalized spacial score (nSPS) is 10.7. The van der Waals surface area contributed by atoms with Gasteiger partial charge in [0.25, 0.3) is 0 Å². The van der Waals surface area contributed by atoms with E-state index < -0.39 is 0 Å². The Kier molecular flexibility index (Phi) is 4.23. The van der Waals surface area contributed by atoms with Crippen molar-refractivity contribution in [2.45, 2.75) is 19.8 Å². The molecule has 0 aliphatic rings. The molecule has 1 heterocycles. The van der Waals surface area contributed by atoms with Crippen LogP contribution in [0.15, 0.2) is 24.3 Å². The molecule has 0 amide bonds. The van der Waals surface area contributed by atoms with E-state index in [1.54, 1.807) is 11.3 Å². The van der Waals surface area contributed by atoms with E-state index >= 15 is 0 Å². The first kappa shape index (κ1) is 12.2. The van der Waals surface area contributed by atoms with E-state index in [1.165, 1.54) is 11.1 Å². The van der Waals surface area contributed by atoms with Gasteiger partial charge in [-0.25, -0.2) is 0 Å². The van der Waals surface area contributed by atoms with Crippen LogP contribution in [0, 0.1) is 6.92 Å². The lowest BCUT2D eigenvalue weighted by atomic mass is 10.1. The number of hydrogen-bond donors (Lipinski definition) is 1. The molecule has 0 aliphatic heterocycles. The topological polar surface area (TPSA) is 37.8 Å². The first-order chi connectivity index (χ1) is 8.28. The van der Waals surface area contributed by atoms with Crippen LogP contribution in [-0.2, 0) is 12.8 Å². The molecule has 0 spiro atoms. The summed E-state index contributed by atoms with van der Waals surface area (Å²) in [6.45, 7) is 3.07. The Balaban J connectivity index is 2.01. The average molecular weight is 247 g/mol. The lowest BCUT2D eigenvalue weighted by Gasteiger charge is -1.98. The van der Waals surface area contributed by atoms with Gasteiger partial charge in [0.2, 0.25) is 0 Å². The third kappa shape index (κ3) is 3.61. The zero-order valence-corrected chi connectivity index (χ0v) is 11.0. The van der Waals surface area contributed by atoms with Crippen molar-refractivity contribution in [3.05, 3.63) is 45.4 Å². The Hall–Kier alpha value is -1.26. The Morgan fingerprint density at radius 2 is 2.06 bits per heavy atom. The lowest BCUT2D eigenvalue weighted by molar-refractivity contribution is 0.777. The van der Waals surface area contributed by atoms with Crippen LogP contribution in [-0.4, -0.2) is 23.8 Å². The third-order valence-electron chi connectivity index (χ3n) is 2.54. The number of nitrogens with one attached hydrogen (secondary N) is 1. The summed E-state index contributed by atoms with van der Waals surface area (Å²) >= 11 is 1.71. The summed E-state index contributed by atoms with van der Waals surface area (Å²) in [5.74, 6) is 0. The second-order valence-electron chi connectivity index (χ2n) is 4.11. The van der Waals surface area contributed by atoms with Gasteiger partial charge in [-0.05, 0) is 19.5 Å². The van der Waals surface area contributed by atoms with Crippen molar-refractivity contribution in [2.75, 3.05) is 13.6 Å². The van der Waals surface area contributed by atoms with Gasteiger partial charge in [0.05, 0.1) is 0 Å². The molecule has 1 aromatic carbocycles. The molecule has 3 nitrogen and oxygen atoms in total. The summed E-state index contributed by atoms with van der Waals surface area (Å²) in [5.41, 5.74) is 2.60. The minimum Gasteiger partial charge on any atom is -0.319 e. The molecule has 0 fully saturated rings. The highest BCUT2D eigenvalue weighted by Crippen LogP contribution is 2.15. The van der Waals surface area contributed by atoms with Gasteiger partial charge < -0.3 is 5.32 Å². The maximum Gasteiger partial charge on any atom is 0.121 e. The molecule has 2 rings (SSSR count). The highest BCUT2D eigenvalue weighted by atomic mass is 32.1. The molecule has 0 radical (unpaired) electrons. The quantitative estimate of drug-likeness (QED) is 0.880. The maximum atomic E-state index is 4.23. The van der Waals surface area contributed by atoms with Crippen LogP contribution in [0.3, 0.4) is 0 Å². The number of rotatable bonds is 5. The SMILES string of the molecule is CNCCc1nnc(Cc2cccc(C)c2)s1. The van der Waals surface area contributed by atoms with Crippen molar-refractivity contribution in [1.82, 2.24) is 15.5 Å². The molecule has 0 bridgehead atoms. The Bertz CT molecular complexity index is 479. The number of benzene rings is 1. The number of likely N-dealkylation sites (N-methyl/N-ethyl adjacent to an activating group) is 1. The molecule has 1 N–H and O–H groups in total. The van der Waals surface area contributed by atoms with Crippen LogP contribution in [0.25, 0.3) is 0 Å². The van der Waals surface area contributed by atoms with E-state index in [0.29, 0.717) is 0 Å². The fraction of sp³-hybridized carbons (Fsp3) is 0.385. The first-order valence-electron chi connectivity index (χ1n) is 5.79. The number of aromatic nitrogens is 2. The minimum atomic E-state index is 0.888. The van der Waals surface area contributed by atoms with E-state index in [1.807, 2.05) is 7.05 Å². The fourth-order valence-electron chi connectivity index (χ4n) is 1.69. The van der Waals surface area contributed by atoms with Crippen LogP contribution in [0.4, 0.5) is 0 Å². The molecule has 0 aliphatic carbocycles. The van der Waals surface area contributed by atoms with Crippen molar-refractivity contribution in [3.8, 4) is 0 Å². The van der Waals surface area contributed by atoms with Gasteiger partial charge in [0, 0.05) is 19.4 Å². The van der Waals surface area contributed by atoms with Crippen LogP contribution < -0.4 is 5.32 Å². The molecule has 90 valence electrons. The second kappa shape index (κ2) is 5.89. The molecule has 0 saturated heterocycles. The smallest absolute Gasteiger partial charge is 0.121 e. The molecule has 2 aromatic rings. The Morgan fingerprint density at radius 1 is 1.24 bits per heavy atom.